The Hall–Kier alpha value is -3.77. The molecule has 1 N–H and O–H groups in total. The Balaban J connectivity index is 1.51. The quantitative estimate of drug-likeness (QED) is 0.435. The first-order valence-electron chi connectivity index (χ1n) is 13.5. The van der Waals surface area contributed by atoms with Gasteiger partial charge in [0, 0.05) is 67.3 Å². The summed E-state index contributed by atoms with van der Waals surface area (Å²) in [5, 5.41) is 2.75. The van der Waals surface area contributed by atoms with Crippen molar-refractivity contribution in [3.05, 3.63) is 65.7 Å². The second-order valence-corrected chi connectivity index (χ2v) is 10.5. The fourth-order valence-corrected chi connectivity index (χ4v) is 5.17. The van der Waals surface area contributed by atoms with E-state index in [1.807, 2.05) is 16.8 Å². The lowest BCUT2D eigenvalue weighted by atomic mass is 10.0. The Morgan fingerprint density at radius 1 is 1.00 bits per heavy atom. The summed E-state index contributed by atoms with van der Waals surface area (Å²) >= 11 is 0. The van der Waals surface area contributed by atoms with Crippen molar-refractivity contribution in [1.29, 1.82) is 0 Å². The third-order valence-electron chi connectivity index (χ3n) is 7.73. The molecule has 41 heavy (non-hydrogen) atoms. The van der Waals surface area contributed by atoms with Crippen LogP contribution < -0.4 is 15.1 Å². The monoisotopic (exact) mass is 572 g/mol. The molecule has 2 aliphatic rings. The normalized spacial score (nSPS) is 20.3. The minimum absolute atomic E-state index is 0.148. The van der Waals surface area contributed by atoms with E-state index >= 15 is 4.39 Å². The number of nitrogens with one attached hydrogen (secondary N) is 1. The number of halogens is 4. The maximum Gasteiger partial charge on any atom is 0.416 e. The van der Waals surface area contributed by atoms with Gasteiger partial charge in [0.15, 0.2) is 0 Å². The first-order chi connectivity index (χ1) is 19.5. The number of anilines is 3. The minimum atomic E-state index is -4.59. The van der Waals surface area contributed by atoms with Crippen molar-refractivity contribution in [1.82, 2.24) is 14.9 Å². The summed E-state index contributed by atoms with van der Waals surface area (Å²) < 4.78 is 60.9. The van der Waals surface area contributed by atoms with Crippen LogP contribution in [-0.4, -0.2) is 79.3 Å². The maximum atomic E-state index is 15.7. The molecule has 1 aromatic heterocycles. The number of morpholine rings is 1. The number of rotatable bonds is 5. The van der Waals surface area contributed by atoms with Crippen LogP contribution in [0.2, 0.25) is 0 Å². The van der Waals surface area contributed by atoms with Gasteiger partial charge in [-0.25, -0.2) is 14.4 Å². The third-order valence-corrected chi connectivity index (χ3v) is 7.73. The Bertz CT molecular complexity index is 1380. The van der Waals surface area contributed by atoms with Crippen LogP contribution in [0.4, 0.5) is 34.9 Å². The number of hydrogen-bond donors (Lipinski definition) is 1. The fraction of sp³-hybridized carbons (Fsp3) is 0.414. The van der Waals surface area contributed by atoms with Crippen molar-refractivity contribution in [2.75, 3.05) is 61.6 Å². The second kappa shape index (κ2) is 11.6. The summed E-state index contributed by atoms with van der Waals surface area (Å²) in [7, 11) is 2.02. The second-order valence-electron chi connectivity index (χ2n) is 10.5. The van der Waals surface area contributed by atoms with Crippen LogP contribution in [0, 0.1) is 5.82 Å². The number of aromatic nitrogens is 2. The maximum absolute atomic E-state index is 15.7. The number of amides is 1. The average Bonchev–Trinajstić information content (AvgIpc) is 2.96. The summed E-state index contributed by atoms with van der Waals surface area (Å²) in [5.41, 5.74) is 0.214. The van der Waals surface area contributed by atoms with Gasteiger partial charge in [-0.2, -0.15) is 13.2 Å². The highest BCUT2D eigenvalue weighted by atomic mass is 19.4. The van der Waals surface area contributed by atoms with Gasteiger partial charge >= 0.3 is 6.18 Å². The SMILES string of the molecule is CC1CN(c2cc(F)c(-c3cnc(N4CCOCC4)nc3)cc2NC(=O)c2cccc(C(F)(F)F)c2)CC(C)N1C. The van der Waals surface area contributed by atoms with Gasteiger partial charge in [-0.05, 0) is 51.2 Å². The summed E-state index contributed by atoms with van der Waals surface area (Å²) in [4.78, 5) is 28.2. The minimum Gasteiger partial charge on any atom is -0.378 e. The molecule has 5 rings (SSSR count). The van der Waals surface area contributed by atoms with Crippen molar-refractivity contribution in [2.45, 2.75) is 32.1 Å². The number of alkyl halides is 3. The lowest BCUT2D eigenvalue weighted by Gasteiger charge is -2.44. The van der Waals surface area contributed by atoms with E-state index in [2.05, 4.69) is 34.0 Å². The largest absolute Gasteiger partial charge is 0.416 e. The first-order valence-corrected chi connectivity index (χ1v) is 13.5. The van der Waals surface area contributed by atoms with E-state index in [1.165, 1.54) is 36.7 Å². The van der Waals surface area contributed by atoms with E-state index in [9.17, 15) is 18.0 Å². The molecule has 0 bridgehead atoms. The Labute approximate surface area is 235 Å². The van der Waals surface area contributed by atoms with Gasteiger partial charge < -0.3 is 19.9 Å². The molecule has 0 spiro atoms. The van der Waals surface area contributed by atoms with E-state index in [-0.39, 0.29) is 28.9 Å². The van der Waals surface area contributed by atoms with Crippen LogP contribution in [-0.2, 0) is 10.9 Å². The van der Waals surface area contributed by atoms with E-state index < -0.39 is 23.5 Å². The van der Waals surface area contributed by atoms with Gasteiger partial charge in [-0.3, -0.25) is 9.69 Å². The van der Waals surface area contributed by atoms with Gasteiger partial charge in [0.05, 0.1) is 30.2 Å². The zero-order chi connectivity index (χ0) is 29.3. The summed E-state index contributed by atoms with van der Waals surface area (Å²) in [6.45, 7) is 7.70. The molecule has 2 aliphatic heterocycles. The van der Waals surface area contributed by atoms with Crippen molar-refractivity contribution < 1.29 is 27.1 Å². The summed E-state index contributed by atoms with van der Waals surface area (Å²) in [5.74, 6) is -0.754. The van der Waals surface area contributed by atoms with Gasteiger partial charge in [0.25, 0.3) is 5.91 Å². The molecule has 2 aromatic carbocycles. The van der Waals surface area contributed by atoms with Crippen LogP contribution in [0.15, 0.2) is 48.8 Å². The lowest BCUT2D eigenvalue weighted by molar-refractivity contribution is -0.137. The van der Waals surface area contributed by atoms with E-state index in [4.69, 9.17) is 4.74 Å². The van der Waals surface area contributed by atoms with Crippen LogP contribution >= 0.6 is 0 Å². The number of carbonyl (C=O) groups excluding carboxylic acids is 1. The zero-order valence-corrected chi connectivity index (χ0v) is 23.1. The van der Waals surface area contributed by atoms with E-state index in [0.717, 1.165) is 12.1 Å². The molecule has 12 heteroatoms. The van der Waals surface area contributed by atoms with Gasteiger partial charge in [0.1, 0.15) is 5.82 Å². The van der Waals surface area contributed by atoms with Crippen molar-refractivity contribution in [3.8, 4) is 11.1 Å². The van der Waals surface area contributed by atoms with Crippen LogP contribution in [0.25, 0.3) is 11.1 Å². The Morgan fingerprint density at radius 2 is 1.66 bits per heavy atom. The molecule has 2 fully saturated rings. The number of carbonyl (C=O) groups is 1. The van der Waals surface area contributed by atoms with Crippen molar-refractivity contribution in [2.24, 2.45) is 0 Å². The highest BCUT2D eigenvalue weighted by Gasteiger charge is 2.32. The van der Waals surface area contributed by atoms with Crippen molar-refractivity contribution >= 4 is 23.2 Å². The molecule has 3 aromatic rings. The molecule has 1 amide bonds. The summed E-state index contributed by atoms with van der Waals surface area (Å²) in [6.07, 6.45) is -1.55. The molecule has 0 saturated carbocycles. The van der Waals surface area contributed by atoms with Gasteiger partial charge in [-0.15, -0.1) is 0 Å². The Morgan fingerprint density at radius 3 is 2.29 bits per heavy atom. The predicted octanol–water partition coefficient (Wildman–Crippen LogP) is 4.92. The summed E-state index contributed by atoms with van der Waals surface area (Å²) in [6, 6.07) is 7.36. The zero-order valence-electron chi connectivity index (χ0n) is 23.1. The van der Waals surface area contributed by atoms with Crippen LogP contribution in [0.5, 0.6) is 0 Å². The number of hydrogen-bond acceptors (Lipinski definition) is 7. The molecular weight excluding hydrogens is 540 g/mol. The molecule has 8 nitrogen and oxygen atoms in total. The van der Waals surface area contributed by atoms with Crippen LogP contribution in [0.1, 0.15) is 29.8 Å². The number of piperazine rings is 1. The first kappa shape index (κ1) is 28.7. The highest BCUT2D eigenvalue weighted by molar-refractivity contribution is 6.06. The standard InChI is InChI=1S/C29H32F4N6O2/c1-18-16-39(17-19(2)37(18)3)26-13-24(30)23(21-14-34-28(35-15-21)38-7-9-41-10-8-38)12-25(26)36-27(40)20-5-4-6-22(11-20)29(31,32)33/h4-6,11-15,18-19H,7-10,16-17H2,1-3H3,(H,36,40). The topological polar surface area (TPSA) is 73.8 Å². The molecular formula is C29H32F4N6O2. The van der Waals surface area contributed by atoms with E-state index in [1.54, 1.807) is 0 Å². The molecule has 0 aliphatic carbocycles. The molecule has 0 radical (unpaired) electrons. The van der Waals surface area contributed by atoms with Crippen LogP contribution in [0.3, 0.4) is 0 Å². The van der Waals surface area contributed by atoms with E-state index in [0.29, 0.717) is 56.6 Å². The Kier molecular flexibility index (Phi) is 8.14. The average molecular weight is 573 g/mol. The molecule has 218 valence electrons. The number of likely N-dealkylation sites (N-methyl/N-ethyl adjacent to an activating group) is 1. The van der Waals surface area contributed by atoms with Gasteiger partial charge in [-0.1, -0.05) is 6.07 Å². The van der Waals surface area contributed by atoms with Gasteiger partial charge in [0.2, 0.25) is 5.95 Å². The molecule has 3 heterocycles. The van der Waals surface area contributed by atoms with Crippen molar-refractivity contribution in [3.63, 3.8) is 0 Å². The fourth-order valence-electron chi connectivity index (χ4n) is 5.17. The lowest BCUT2D eigenvalue weighted by Crippen LogP contribution is -2.55. The smallest absolute Gasteiger partial charge is 0.378 e. The molecule has 2 saturated heterocycles. The highest BCUT2D eigenvalue weighted by Crippen LogP contribution is 2.36. The molecule has 2 unspecified atom stereocenters. The predicted molar refractivity (Wildman–Crippen MR) is 149 cm³/mol. The molecule has 2 atom stereocenters. The number of ether oxygens (including phenoxy) is 1. The number of benzene rings is 2. The third kappa shape index (κ3) is 6.28. The number of nitrogens with zero attached hydrogens (tertiary/aromatic N) is 5.